The Labute approximate surface area is 242 Å². The van der Waals surface area contributed by atoms with Crippen molar-refractivity contribution in [1.29, 1.82) is 0 Å². The van der Waals surface area contributed by atoms with Crippen LogP contribution < -0.4 is 25.5 Å². The van der Waals surface area contributed by atoms with Gasteiger partial charge in [-0.3, -0.25) is 19.0 Å². The minimum Gasteiger partial charge on any atom is -0.322 e. The van der Waals surface area contributed by atoms with Gasteiger partial charge in [-0.1, -0.05) is 83.6 Å². The monoisotopic (exact) mass is 612 g/mol. The Balaban J connectivity index is 1.58. The summed E-state index contributed by atoms with van der Waals surface area (Å²) in [5.74, 6) is -0.346. The summed E-state index contributed by atoms with van der Waals surface area (Å²) in [5, 5.41) is 5.83. The van der Waals surface area contributed by atoms with Crippen molar-refractivity contribution in [3.63, 3.8) is 0 Å². The van der Waals surface area contributed by atoms with Crippen molar-refractivity contribution in [3.8, 4) is 0 Å². The molecule has 1 aromatic heterocycles. The molecule has 2 aliphatic heterocycles. The molecule has 2 N–H and O–H groups in total. The Morgan fingerprint density at radius 3 is 2.48 bits per heavy atom. The summed E-state index contributed by atoms with van der Waals surface area (Å²) < 4.78 is 2.63. The number of hydrogen-bond acceptors (Lipinski definition) is 5. The summed E-state index contributed by atoms with van der Waals surface area (Å²) in [7, 11) is 0. The zero-order valence-corrected chi connectivity index (χ0v) is 24.4. The molecule has 40 heavy (non-hydrogen) atoms. The number of nitrogens with zero attached hydrogens (tertiary/aromatic N) is 2. The number of benzene rings is 3. The van der Waals surface area contributed by atoms with E-state index >= 15 is 0 Å². The van der Waals surface area contributed by atoms with Gasteiger partial charge in [-0.05, 0) is 54.3 Å². The molecule has 0 bridgehead atoms. The summed E-state index contributed by atoms with van der Waals surface area (Å²) in [6, 6.07) is 21.9. The molecule has 0 fully saturated rings. The summed E-state index contributed by atoms with van der Waals surface area (Å²) >= 11 is 4.64. The van der Waals surface area contributed by atoms with Crippen LogP contribution in [-0.2, 0) is 9.59 Å². The molecule has 0 saturated carbocycles. The number of nitrogens with one attached hydrogen (secondary N) is 2. The number of amides is 2. The molecule has 2 amide bonds. The average Bonchev–Trinajstić information content (AvgIpc) is 3.42. The Morgan fingerprint density at radius 1 is 1.05 bits per heavy atom. The molecule has 7 nitrogen and oxygen atoms in total. The van der Waals surface area contributed by atoms with E-state index in [2.05, 4.69) is 40.4 Å². The van der Waals surface area contributed by atoms with E-state index in [4.69, 9.17) is 4.99 Å². The van der Waals surface area contributed by atoms with Crippen molar-refractivity contribution in [2.24, 2.45) is 4.99 Å². The quantitative estimate of drug-likeness (QED) is 0.336. The van der Waals surface area contributed by atoms with E-state index in [-0.39, 0.29) is 21.9 Å². The Bertz CT molecular complexity index is 1900. The number of anilines is 2. The predicted octanol–water partition coefficient (Wildman–Crippen LogP) is 5.08. The van der Waals surface area contributed by atoms with Crippen LogP contribution in [0.1, 0.15) is 49.4 Å². The van der Waals surface area contributed by atoms with Gasteiger partial charge in [0.2, 0.25) is 0 Å². The minimum atomic E-state index is -0.720. The van der Waals surface area contributed by atoms with Gasteiger partial charge in [-0.15, -0.1) is 0 Å². The molecule has 0 radical (unpaired) electrons. The zero-order chi connectivity index (χ0) is 28.1. The zero-order valence-electron chi connectivity index (χ0n) is 22.0. The lowest BCUT2D eigenvalue weighted by Gasteiger charge is -2.25. The van der Waals surface area contributed by atoms with Crippen LogP contribution in [0.25, 0.3) is 5.57 Å². The average molecular weight is 614 g/mol. The first-order chi connectivity index (χ1) is 19.2. The van der Waals surface area contributed by atoms with Gasteiger partial charge in [0.05, 0.1) is 22.9 Å². The Morgan fingerprint density at radius 2 is 1.77 bits per heavy atom. The van der Waals surface area contributed by atoms with Gasteiger partial charge < -0.3 is 10.6 Å². The van der Waals surface area contributed by atoms with Crippen molar-refractivity contribution in [2.45, 2.75) is 32.7 Å². The van der Waals surface area contributed by atoms with Crippen LogP contribution in [0.2, 0.25) is 0 Å². The molecule has 0 spiro atoms. The third kappa shape index (κ3) is 4.45. The van der Waals surface area contributed by atoms with Gasteiger partial charge in [-0.25, -0.2) is 4.99 Å². The third-order valence-electron chi connectivity index (χ3n) is 7.15. The third-order valence-corrected chi connectivity index (χ3v) is 8.69. The lowest BCUT2D eigenvalue weighted by molar-refractivity contribution is -0.113. The van der Waals surface area contributed by atoms with Gasteiger partial charge in [0.25, 0.3) is 17.4 Å². The molecule has 3 aromatic carbocycles. The highest BCUT2D eigenvalue weighted by molar-refractivity contribution is 9.10. The number of carbonyl (C=O) groups excluding carboxylic acids is 2. The van der Waals surface area contributed by atoms with E-state index in [1.54, 1.807) is 17.6 Å². The van der Waals surface area contributed by atoms with Crippen LogP contribution in [0.5, 0.6) is 0 Å². The highest BCUT2D eigenvalue weighted by Gasteiger charge is 2.34. The number of rotatable bonds is 4. The summed E-state index contributed by atoms with van der Waals surface area (Å²) in [6.45, 7) is 6.01. The Hall–Kier alpha value is -4.08. The predicted molar refractivity (Wildman–Crippen MR) is 161 cm³/mol. The van der Waals surface area contributed by atoms with E-state index in [1.165, 1.54) is 11.3 Å². The SMILES string of the molecule is CC1=C(C(=O)Nc2ccccc2)[C@H](c2ccc(C(C)C)cc2)n2c(s/c(=C3\C(=O)Nc4ccc(Br)cc43)c2=O)=N1. The van der Waals surface area contributed by atoms with Gasteiger partial charge >= 0.3 is 0 Å². The van der Waals surface area contributed by atoms with Gasteiger partial charge in [0, 0.05) is 21.4 Å². The highest BCUT2D eigenvalue weighted by Crippen LogP contribution is 2.34. The molecule has 9 heteroatoms. The lowest BCUT2D eigenvalue weighted by Crippen LogP contribution is -2.41. The molecule has 0 aliphatic carbocycles. The largest absolute Gasteiger partial charge is 0.322 e. The minimum absolute atomic E-state index is 0.286. The van der Waals surface area contributed by atoms with Gasteiger partial charge in [0.15, 0.2) is 4.80 Å². The molecule has 1 atom stereocenters. The maximum atomic E-state index is 14.2. The van der Waals surface area contributed by atoms with Crippen LogP contribution in [0.3, 0.4) is 0 Å². The number of carbonyl (C=O) groups is 2. The molecule has 0 unspecified atom stereocenters. The second-order valence-electron chi connectivity index (χ2n) is 10.1. The van der Waals surface area contributed by atoms with Crippen LogP contribution >= 0.6 is 27.3 Å². The van der Waals surface area contributed by atoms with Crippen molar-refractivity contribution >= 4 is 56.0 Å². The van der Waals surface area contributed by atoms with E-state index in [0.29, 0.717) is 44.5 Å². The number of para-hydroxylation sites is 1. The molecule has 4 aromatic rings. The topological polar surface area (TPSA) is 92.6 Å². The Kier molecular flexibility index (Phi) is 6.64. The normalized spacial score (nSPS) is 17.3. The van der Waals surface area contributed by atoms with Crippen molar-refractivity contribution in [3.05, 3.63) is 125 Å². The smallest absolute Gasteiger partial charge is 0.271 e. The highest BCUT2D eigenvalue weighted by atomic mass is 79.9. The fourth-order valence-electron chi connectivity index (χ4n) is 5.13. The fraction of sp³-hybridized carbons (Fsp3) is 0.161. The standard InChI is InChI=1S/C31H25BrN4O3S/c1-16(2)18-9-11-19(12-10-18)26-24(28(37)34-21-7-5-4-6-8-21)17(3)33-31-36(26)30(39)27(40-31)25-22-15-20(32)13-14-23(22)35-29(25)38/h4-16,26H,1-3H3,(H,34,37)(H,35,38)/b27-25-/t26-/m0/s1. The first-order valence-corrected chi connectivity index (χ1v) is 14.5. The number of fused-ring (bicyclic) bond motifs is 2. The lowest BCUT2D eigenvalue weighted by atomic mass is 9.93. The molecule has 6 rings (SSSR count). The van der Waals surface area contributed by atoms with Crippen LogP contribution in [0.4, 0.5) is 11.4 Å². The number of thiazole rings is 1. The molecule has 200 valence electrons. The molecular weight excluding hydrogens is 588 g/mol. The molecular formula is C31H25BrN4O3S. The summed E-state index contributed by atoms with van der Waals surface area (Å²) in [6.07, 6.45) is 0. The molecule has 2 aliphatic rings. The van der Waals surface area contributed by atoms with E-state index in [9.17, 15) is 14.4 Å². The summed E-state index contributed by atoms with van der Waals surface area (Å²) in [5.41, 5.74) is 4.72. The first-order valence-electron chi connectivity index (χ1n) is 12.9. The second kappa shape index (κ2) is 10.1. The number of halogens is 1. The number of allylic oxidation sites excluding steroid dienone is 1. The van der Waals surface area contributed by atoms with E-state index < -0.39 is 6.04 Å². The van der Waals surface area contributed by atoms with Crippen molar-refractivity contribution < 1.29 is 9.59 Å². The van der Waals surface area contributed by atoms with Crippen LogP contribution in [-0.4, -0.2) is 16.4 Å². The van der Waals surface area contributed by atoms with E-state index in [1.807, 2.05) is 66.7 Å². The maximum Gasteiger partial charge on any atom is 0.271 e. The summed E-state index contributed by atoms with van der Waals surface area (Å²) in [4.78, 5) is 46.2. The number of hydrogen-bond donors (Lipinski definition) is 2. The van der Waals surface area contributed by atoms with Gasteiger partial charge in [-0.2, -0.15) is 0 Å². The number of aromatic nitrogens is 1. The van der Waals surface area contributed by atoms with Crippen LogP contribution in [0.15, 0.2) is 98.3 Å². The second-order valence-corrected chi connectivity index (χ2v) is 12.0. The van der Waals surface area contributed by atoms with Crippen molar-refractivity contribution in [2.75, 3.05) is 10.6 Å². The maximum absolute atomic E-state index is 14.2. The van der Waals surface area contributed by atoms with E-state index in [0.717, 1.165) is 15.6 Å². The first kappa shape index (κ1) is 26.2. The molecule has 0 saturated heterocycles. The fourth-order valence-corrected chi connectivity index (χ4v) is 6.63. The van der Waals surface area contributed by atoms with Gasteiger partial charge in [0.1, 0.15) is 4.53 Å². The van der Waals surface area contributed by atoms with Crippen LogP contribution in [0, 0.1) is 0 Å². The molecule has 3 heterocycles. The van der Waals surface area contributed by atoms with Crippen molar-refractivity contribution in [1.82, 2.24) is 4.57 Å².